The second-order valence-electron chi connectivity index (χ2n) is 10.8. The maximum atomic E-state index is 10.0. The third-order valence-corrected chi connectivity index (χ3v) is 8.35. The van der Waals surface area contributed by atoms with Crippen LogP contribution in [0.25, 0.3) is 0 Å². The lowest BCUT2D eigenvalue weighted by molar-refractivity contribution is 0.0929. The van der Waals surface area contributed by atoms with Crippen LogP contribution in [0.4, 0.5) is 0 Å². The molecule has 0 aromatic heterocycles. The third-order valence-electron chi connectivity index (χ3n) is 8.35. The third kappa shape index (κ3) is 4.84. The molecule has 3 aliphatic carbocycles. The molecule has 0 aromatic rings. The molecule has 3 saturated carbocycles. The van der Waals surface area contributed by atoms with Gasteiger partial charge >= 0.3 is 0 Å². The molecule has 158 valence electrons. The van der Waals surface area contributed by atoms with E-state index in [0.29, 0.717) is 5.41 Å². The molecule has 0 saturated heterocycles. The lowest BCUT2D eigenvalue weighted by atomic mass is 9.60. The average Bonchev–Trinajstić information content (AvgIpc) is 2.99. The zero-order chi connectivity index (χ0) is 20.3. The van der Waals surface area contributed by atoms with Crippen LogP contribution < -0.4 is 0 Å². The molecule has 3 aliphatic rings. The summed E-state index contributed by atoms with van der Waals surface area (Å²) in [6.45, 7) is 14.1. The van der Waals surface area contributed by atoms with Gasteiger partial charge in [-0.25, -0.2) is 0 Å². The molecule has 1 nitrogen and oxygen atoms in total. The molecule has 0 amide bonds. The smallest absolute Gasteiger partial charge is 0.0583 e. The number of aliphatic hydroxyl groups is 1. The Kier molecular flexibility index (Phi) is 7.29. The molecule has 0 spiro atoms. The van der Waals surface area contributed by atoms with Gasteiger partial charge in [-0.3, -0.25) is 0 Å². The molecule has 28 heavy (non-hydrogen) atoms. The maximum Gasteiger partial charge on any atom is 0.0583 e. The van der Waals surface area contributed by atoms with E-state index < -0.39 is 0 Å². The van der Waals surface area contributed by atoms with Crippen molar-refractivity contribution in [2.45, 2.75) is 104 Å². The highest BCUT2D eigenvalue weighted by atomic mass is 16.3. The largest absolute Gasteiger partial charge is 0.393 e. The number of rotatable bonds is 6. The summed E-state index contributed by atoms with van der Waals surface area (Å²) < 4.78 is 0. The number of hydrogen-bond donors (Lipinski definition) is 1. The van der Waals surface area contributed by atoms with Crippen molar-refractivity contribution in [2.24, 2.45) is 29.1 Å². The fourth-order valence-corrected chi connectivity index (χ4v) is 6.66. The standard InChI is InChI=1S/C27H44O/c1-19(2)8-6-9-21(4)25-15-16-26-22(10-7-17-27(25,26)5)12-13-23-18-24(28)14-11-20(23)3/h12-13,19,21,24-26,28H,3,6-11,14-18H2,1-2,4-5H3/b22-12-,23-13-/t21-,24+,25-,26?,27+/m1/s1. The lowest BCUT2D eigenvalue weighted by Gasteiger charge is -2.44. The minimum absolute atomic E-state index is 0.172. The van der Waals surface area contributed by atoms with E-state index in [2.05, 4.69) is 46.4 Å². The van der Waals surface area contributed by atoms with Gasteiger partial charge in [-0.15, -0.1) is 0 Å². The molecular weight excluding hydrogens is 340 g/mol. The van der Waals surface area contributed by atoms with Gasteiger partial charge in [-0.05, 0) is 86.0 Å². The number of allylic oxidation sites excluding steroid dienone is 4. The van der Waals surface area contributed by atoms with Gasteiger partial charge in [0, 0.05) is 0 Å². The topological polar surface area (TPSA) is 20.2 Å². The van der Waals surface area contributed by atoms with Crippen LogP contribution in [0.1, 0.15) is 98.3 Å². The van der Waals surface area contributed by atoms with Crippen molar-refractivity contribution in [3.8, 4) is 0 Å². The fourth-order valence-electron chi connectivity index (χ4n) is 6.66. The van der Waals surface area contributed by atoms with Gasteiger partial charge in [-0.2, -0.15) is 0 Å². The highest BCUT2D eigenvalue weighted by Crippen LogP contribution is 2.59. The summed E-state index contributed by atoms with van der Waals surface area (Å²) >= 11 is 0. The van der Waals surface area contributed by atoms with Crippen molar-refractivity contribution in [1.82, 2.24) is 0 Å². The molecule has 0 radical (unpaired) electrons. The minimum atomic E-state index is -0.172. The minimum Gasteiger partial charge on any atom is -0.393 e. The monoisotopic (exact) mass is 384 g/mol. The molecule has 3 rings (SSSR count). The Morgan fingerprint density at radius 1 is 1.11 bits per heavy atom. The van der Waals surface area contributed by atoms with Crippen molar-refractivity contribution in [2.75, 3.05) is 0 Å². The second-order valence-corrected chi connectivity index (χ2v) is 10.8. The van der Waals surface area contributed by atoms with E-state index in [4.69, 9.17) is 0 Å². The molecule has 0 bridgehead atoms. The Bertz CT molecular complexity index is 610. The average molecular weight is 385 g/mol. The summed E-state index contributed by atoms with van der Waals surface area (Å²) in [6.07, 6.45) is 18.2. The Morgan fingerprint density at radius 2 is 1.89 bits per heavy atom. The second kappa shape index (κ2) is 9.33. The van der Waals surface area contributed by atoms with E-state index in [0.717, 1.165) is 42.9 Å². The lowest BCUT2D eigenvalue weighted by Crippen LogP contribution is -2.36. The number of hydrogen-bond acceptors (Lipinski definition) is 1. The van der Waals surface area contributed by atoms with Crippen LogP contribution in [0, 0.1) is 29.1 Å². The number of fused-ring (bicyclic) bond motifs is 1. The van der Waals surface area contributed by atoms with Gasteiger partial charge in [0.1, 0.15) is 0 Å². The van der Waals surface area contributed by atoms with Gasteiger partial charge in [-0.1, -0.05) is 76.8 Å². The summed E-state index contributed by atoms with van der Waals surface area (Å²) in [6, 6.07) is 0. The van der Waals surface area contributed by atoms with Gasteiger partial charge < -0.3 is 5.11 Å². The molecule has 0 aliphatic heterocycles. The first kappa shape index (κ1) is 21.9. The summed E-state index contributed by atoms with van der Waals surface area (Å²) in [5.74, 6) is 3.37. The maximum absolute atomic E-state index is 10.0. The van der Waals surface area contributed by atoms with E-state index in [1.807, 2.05) is 0 Å². The summed E-state index contributed by atoms with van der Waals surface area (Å²) in [4.78, 5) is 0. The van der Waals surface area contributed by atoms with Crippen LogP contribution in [0.2, 0.25) is 0 Å². The fraction of sp³-hybridized carbons (Fsp3) is 0.778. The molecule has 0 aromatic carbocycles. The van der Waals surface area contributed by atoms with Gasteiger partial charge in [0.05, 0.1) is 6.10 Å². The van der Waals surface area contributed by atoms with Crippen LogP contribution in [-0.4, -0.2) is 11.2 Å². The predicted octanol–water partition coefficient (Wildman–Crippen LogP) is 7.62. The molecule has 1 unspecified atom stereocenters. The summed E-state index contributed by atoms with van der Waals surface area (Å²) in [5, 5.41) is 10.0. The molecule has 1 heteroatoms. The molecule has 5 atom stereocenters. The SMILES string of the molecule is C=C1CC[C@H](O)C/C1=C/C=C1/CCC[C@]2(C)C1CC[C@@H]2[C@H](C)CCCC(C)C. The summed E-state index contributed by atoms with van der Waals surface area (Å²) in [7, 11) is 0. The molecule has 1 N–H and O–H groups in total. The van der Waals surface area contributed by atoms with Crippen LogP contribution in [0.5, 0.6) is 0 Å². The summed E-state index contributed by atoms with van der Waals surface area (Å²) in [5.41, 5.74) is 4.72. The quantitative estimate of drug-likeness (QED) is 0.499. The molecule has 3 fully saturated rings. The normalized spacial score (nSPS) is 37.6. The van der Waals surface area contributed by atoms with Crippen molar-refractivity contribution in [1.29, 1.82) is 0 Å². The van der Waals surface area contributed by atoms with E-state index in [1.54, 1.807) is 5.57 Å². The highest BCUT2D eigenvalue weighted by molar-refractivity contribution is 5.36. The van der Waals surface area contributed by atoms with Gasteiger partial charge in [0.15, 0.2) is 0 Å². The van der Waals surface area contributed by atoms with Crippen LogP contribution >= 0.6 is 0 Å². The van der Waals surface area contributed by atoms with Crippen molar-refractivity contribution in [3.05, 3.63) is 35.5 Å². The van der Waals surface area contributed by atoms with Crippen molar-refractivity contribution >= 4 is 0 Å². The molecular formula is C27H44O. The Labute approximate surface area is 174 Å². The Morgan fingerprint density at radius 3 is 2.64 bits per heavy atom. The predicted molar refractivity (Wildman–Crippen MR) is 121 cm³/mol. The van der Waals surface area contributed by atoms with Gasteiger partial charge in [0.25, 0.3) is 0 Å². The van der Waals surface area contributed by atoms with Crippen molar-refractivity contribution in [3.63, 3.8) is 0 Å². The van der Waals surface area contributed by atoms with E-state index in [-0.39, 0.29) is 6.10 Å². The first-order valence-corrected chi connectivity index (χ1v) is 12.1. The Balaban J connectivity index is 1.70. The van der Waals surface area contributed by atoms with Crippen LogP contribution in [-0.2, 0) is 0 Å². The van der Waals surface area contributed by atoms with E-state index >= 15 is 0 Å². The van der Waals surface area contributed by atoms with Crippen LogP contribution in [0.15, 0.2) is 35.5 Å². The number of aliphatic hydroxyl groups excluding tert-OH is 1. The van der Waals surface area contributed by atoms with Crippen molar-refractivity contribution < 1.29 is 5.11 Å². The van der Waals surface area contributed by atoms with Gasteiger partial charge in [0.2, 0.25) is 0 Å². The van der Waals surface area contributed by atoms with E-state index in [1.165, 1.54) is 62.5 Å². The highest BCUT2D eigenvalue weighted by Gasteiger charge is 2.50. The molecule has 0 heterocycles. The first-order valence-electron chi connectivity index (χ1n) is 12.1. The van der Waals surface area contributed by atoms with E-state index in [9.17, 15) is 5.11 Å². The first-order chi connectivity index (χ1) is 13.3. The Hall–Kier alpha value is -0.820. The zero-order valence-electron chi connectivity index (χ0n) is 19.0. The zero-order valence-corrected chi connectivity index (χ0v) is 19.0. The van der Waals surface area contributed by atoms with Crippen LogP contribution in [0.3, 0.4) is 0 Å².